The van der Waals surface area contributed by atoms with Gasteiger partial charge in [-0.25, -0.2) is 0 Å². The van der Waals surface area contributed by atoms with Gasteiger partial charge in [0.1, 0.15) is 5.54 Å². The molecule has 5 heteroatoms. The predicted octanol–water partition coefficient (Wildman–Crippen LogP) is 1.23. The Morgan fingerprint density at radius 2 is 2.20 bits per heavy atom. The van der Waals surface area contributed by atoms with Gasteiger partial charge in [-0.3, -0.25) is 0 Å². The number of aryl methyl sites for hydroxylation is 1. The number of methoxy groups -OCH3 is 1. The Morgan fingerprint density at radius 3 is 2.73 bits per heavy atom. The van der Waals surface area contributed by atoms with E-state index in [0.29, 0.717) is 24.7 Å². The Hall–Kier alpha value is -0.940. The standard InChI is InChI=1S/C10H19N3O2/c1-4-6-8-12-9(13-15-8)10(11,5-2)7-14-3/h4-7,11H2,1-3H3. The zero-order valence-electron chi connectivity index (χ0n) is 9.62. The lowest BCUT2D eigenvalue weighted by atomic mass is 9.98. The van der Waals surface area contributed by atoms with Gasteiger partial charge in [-0.1, -0.05) is 19.0 Å². The number of ether oxygens (including phenoxy) is 1. The Morgan fingerprint density at radius 1 is 1.47 bits per heavy atom. The zero-order chi connectivity index (χ0) is 11.3. The van der Waals surface area contributed by atoms with E-state index in [0.717, 1.165) is 12.8 Å². The summed E-state index contributed by atoms with van der Waals surface area (Å²) >= 11 is 0. The van der Waals surface area contributed by atoms with Gasteiger partial charge in [0.2, 0.25) is 5.89 Å². The SMILES string of the molecule is CCCc1nc(C(N)(CC)COC)no1. The van der Waals surface area contributed by atoms with Crippen molar-refractivity contribution in [3.63, 3.8) is 0 Å². The molecular formula is C10H19N3O2. The highest BCUT2D eigenvalue weighted by Crippen LogP contribution is 2.19. The van der Waals surface area contributed by atoms with Gasteiger partial charge in [-0.15, -0.1) is 0 Å². The maximum atomic E-state index is 6.13. The van der Waals surface area contributed by atoms with Crippen LogP contribution in [-0.4, -0.2) is 23.9 Å². The van der Waals surface area contributed by atoms with Crippen LogP contribution in [0.1, 0.15) is 38.4 Å². The summed E-state index contributed by atoms with van der Waals surface area (Å²) < 4.78 is 10.2. The fourth-order valence-electron chi connectivity index (χ4n) is 1.35. The van der Waals surface area contributed by atoms with Gasteiger partial charge in [0, 0.05) is 13.5 Å². The highest BCUT2D eigenvalue weighted by molar-refractivity contribution is 5.03. The number of nitrogens with zero attached hydrogens (tertiary/aromatic N) is 2. The largest absolute Gasteiger partial charge is 0.382 e. The van der Waals surface area contributed by atoms with Gasteiger partial charge < -0.3 is 15.0 Å². The average molecular weight is 213 g/mol. The first-order chi connectivity index (χ1) is 7.16. The second-order valence-corrected chi connectivity index (χ2v) is 3.70. The van der Waals surface area contributed by atoms with Gasteiger partial charge in [-0.2, -0.15) is 4.98 Å². The molecule has 0 aliphatic carbocycles. The fourth-order valence-corrected chi connectivity index (χ4v) is 1.35. The van der Waals surface area contributed by atoms with Gasteiger partial charge in [0.25, 0.3) is 0 Å². The van der Waals surface area contributed by atoms with E-state index in [4.69, 9.17) is 15.0 Å². The summed E-state index contributed by atoms with van der Waals surface area (Å²) in [5.74, 6) is 1.18. The summed E-state index contributed by atoms with van der Waals surface area (Å²) in [5.41, 5.74) is 5.49. The summed E-state index contributed by atoms with van der Waals surface area (Å²) in [5, 5.41) is 3.91. The lowest BCUT2D eigenvalue weighted by Crippen LogP contribution is -2.41. The van der Waals surface area contributed by atoms with Crippen molar-refractivity contribution in [1.29, 1.82) is 0 Å². The third-order valence-electron chi connectivity index (χ3n) is 2.41. The second kappa shape index (κ2) is 5.23. The van der Waals surface area contributed by atoms with Crippen molar-refractivity contribution in [3.8, 4) is 0 Å². The van der Waals surface area contributed by atoms with E-state index in [2.05, 4.69) is 17.1 Å². The smallest absolute Gasteiger partial charge is 0.226 e. The number of hydrogen-bond acceptors (Lipinski definition) is 5. The Bertz CT molecular complexity index is 301. The summed E-state index contributed by atoms with van der Waals surface area (Å²) in [6.45, 7) is 4.44. The number of nitrogens with two attached hydrogens (primary N) is 1. The number of rotatable bonds is 6. The number of hydrogen-bond donors (Lipinski definition) is 1. The second-order valence-electron chi connectivity index (χ2n) is 3.70. The maximum absolute atomic E-state index is 6.13. The van der Waals surface area contributed by atoms with Crippen LogP contribution in [0.3, 0.4) is 0 Å². The van der Waals surface area contributed by atoms with E-state index in [1.165, 1.54) is 0 Å². The molecule has 0 aromatic carbocycles. The van der Waals surface area contributed by atoms with Gasteiger partial charge in [0.15, 0.2) is 5.82 Å². The van der Waals surface area contributed by atoms with Gasteiger partial charge >= 0.3 is 0 Å². The predicted molar refractivity (Wildman–Crippen MR) is 56.3 cm³/mol. The average Bonchev–Trinajstić information content (AvgIpc) is 2.68. The molecule has 0 saturated carbocycles. The molecule has 0 bridgehead atoms. The monoisotopic (exact) mass is 213 g/mol. The van der Waals surface area contributed by atoms with Crippen molar-refractivity contribution in [2.24, 2.45) is 5.73 Å². The molecule has 0 radical (unpaired) electrons. The molecule has 5 nitrogen and oxygen atoms in total. The molecule has 1 aromatic heterocycles. The molecule has 0 aliphatic rings. The Balaban J connectivity index is 2.82. The van der Waals surface area contributed by atoms with Crippen LogP contribution in [-0.2, 0) is 16.7 Å². The first kappa shape index (κ1) is 12.1. The van der Waals surface area contributed by atoms with Crippen molar-refractivity contribution < 1.29 is 9.26 Å². The van der Waals surface area contributed by atoms with Crippen LogP contribution in [0.25, 0.3) is 0 Å². The van der Waals surface area contributed by atoms with Crippen LogP contribution in [0.15, 0.2) is 4.52 Å². The molecular weight excluding hydrogens is 194 g/mol. The normalized spacial score (nSPS) is 15.2. The van der Waals surface area contributed by atoms with E-state index >= 15 is 0 Å². The molecule has 0 spiro atoms. The van der Waals surface area contributed by atoms with E-state index in [-0.39, 0.29) is 0 Å². The molecule has 1 aromatic rings. The van der Waals surface area contributed by atoms with Crippen LogP contribution in [0.2, 0.25) is 0 Å². The molecule has 0 aliphatic heterocycles. The highest BCUT2D eigenvalue weighted by atomic mass is 16.5. The van der Waals surface area contributed by atoms with E-state index in [9.17, 15) is 0 Å². The molecule has 1 atom stereocenters. The number of aromatic nitrogens is 2. The van der Waals surface area contributed by atoms with Crippen molar-refractivity contribution in [2.75, 3.05) is 13.7 Å². The minimum Gasteiger partial charge on any atom is -0.382 e. The van der Waals surface area contributed by atoms with Crippen LogP contribution in [0, 0.1) is 0 Å². The molecule has 1 heterocycles. The van der Waals surface area contributed by atoms with Crippen molar-refractivity contribution in [3.05, 3.63) is 11.7 Å². The van der Waals surface area contributed by atoms with Crippen LogP contribution < -0.4 is 5.73 Å². The lowest BCUT2D eigenvalue weighted by Gasteiger charge is -2.22. The van der Waals surface area contributed by atoms with Crippen LogP contribution in [0.4, 0.5) is 0 Å². The summed E-state index contributed by atoms with van der Waals surface area (Å²) in [6, 6.07) is 0. The van der Waals surface area contributed by atoms with Crippen LogP contribution in [0.5, 0.6) is 0 Å². The minimum atomic E-state index is -0.635. The van der Waals surface area contributed by atoms with Crippen molar-refractivity contribution >= 4 is 0 Å². The quantitative estimate of drug-likeness (QED) is 0.769. The van der Waals surface area contributed by atoms with E-state index in [1.807, 2.05) is 6.92 Å². The molecule has 1 unspecified atom stereocenters. The molecule has 1 rings (SSSR count). The summed E-state index contributed by atoms with van der Waals surface area (Å²) in [4.78, 5) is 4.28. The molecule has 2 N–H and O–H groups in total. The van der Waals surface area contributed by atoms with Crippen molar-refractivity contribution in [1.82, 2.24) is 10.1 Å². The summed E-state index contributed by atoms with van der Waals surface area (Å²) in [7, 11) is 1.62. The molecule has 0 fully saturated rings. The van der Waals surface area contributed by atoms with E-state index < -0.39 is 5.54 Å². The highest BCUT2D eigenvalue weighted by Gasteiger charge is 2.30. The molecule has 0 saturated heterocycles. The Kier molecular flexibility index (Phi) is 4.23. The first-order valence-electron chi connectivity index (χ1n) is 5.27. The third-order valence-corrected chi connectivity index (χ3v) is 2.41. The molecule has 15 heavy (non-hydrogen) atoms. The summed E-state index contributed by atoms with van der Waals surface area (Å²) in [6.07, 6.45) is 2.49. The first-order valence-corrected chi connectivity index (χ1v) is 5.27. The van der Waals surface area contributed by atoms with E-state index in [1.54, 1.807) is 7.11 Å². The maximum Gasteiger partial charge on any atom is 0.226 e. The van der Waals surface area contributed by atoms with Gasteiger partial charge in [-0.05, 0) is 12.8 Å². The molecule has 86 valence electrons. The third kappa shape index (κ3) is 2.76. The Labute approximate surface area is 90.0 Å². The van der Waals surface area contributed by atoms with Crippen molar-refractivity contribution in [2.45, 2.75) is 38.6 Å². The van der Waals surface area contributed by atoms with Crippen LogP contribution >= 0.6 is 0 Å². The topological polar surface area (TPSA) is 74.2 Å². The molecule has 0 amide bonds. The lowest BCUT2D eigenvalue weighted by molar-refractivity contribution is 0.122. The fraction of sp³-hybridized carbons (Fsp3) is 0.800. The zero-order valence-corrected chi connectivity index (χ0v) is 9.62. The van der Waals surface area contributed by atoms with Gasteiger partial charge in [0.05, 0.1) is 6.61 Å². The minimum absolute atomic E-state index is 0.397.